The largest absolute Gasteiger partial charge is 0.398 e. The van der Waals surface area contributed by atoms with Crippen LogP contribution in [0.5, 0.6) is 0 Å². The number of hydrogen-bond donors (Lipinski definition) is 3. The van der Waals surface area contributed by atoms with Gasteiger partial charge in [0.05, 0.1) is 5.56 Å². The average Bonchev–Trinajstić information content (AvgIpc) is 2.30. The van der Waals surface area contributed by atoms with Crippen molar-refractivity contribution >= 4 is 29.0 Å². The maximum absolute atomic E-state index is 11.2. The minimum absolute atomic E-state index is 0.369. The quantitative estimate of drug-likeness (QED) is 0.677. The molecule has 0 saturated heterocycles. The van der Waals surface area contributed by atoms with Crippen LogP contribution in [-0.4, -0.2) is 24.0 Å². The summed E-state index contributed by atoms with van der Waals surface area (Å²) in [7, 11) is 0. The number of nitrogens with two attached hydrogens (primary N) is 2. The number of primary amides is 1. The highest BCUT2D eigenvalue weighted by Gasteiger charge is 2.09. The summed E-state index contributed by atoms with van der Waals surface area (Å²) < 4.78 is 0. The fourth-order valence-electron chi connectivity index (χ4n) is 1.56. The van der Waals surface area contributed by atoms with Gasteiger partial charge in [-0.25, -0.2) is 0 Å². The van der Waals surface area contributed by atoms with Crippen molar-refractivity contribution in [2.75, 3.05) is 23.1 Å². The molecule has 1 atom stereocenters. The van der Waals surface area contributed by atoms with E-state index in [0.29, 0.717) is 17.3 Å². The molecule has 94 valence electrons. The third-order valence-corrected chi connectivity index (χ3v) is 3.29. The zero-order valence-electron chi connectivity index (χ0n) is 10.2. The molecule has 0 aliphatic carbocycles. The van der Waals surface area contributed by atoms with Gasteiger partial charge in [0.15, 0.2) is 0 Å². The summed E-state index contributed by atoms with van der Waals surface area (Å²) in [4.78, 5) is 11.2. The highest BCUT2D eigenvalue weighted by molar-refractivity contribution is 7.98. The van der Waals surface area contributed by atoms with Crippen LogP contribution in [0.1, 0.15) is 23.7 Å². The summed E-state index contributed by atoms with van der Waals surface area (Å²) in [5.74, 6) is 0.524. The number of carbonyl (C=O) groups is 1. The Morgan fingerprint density at radius 2 is 2.24 bits per heavy atom. The number of nitrogen functional groups attached to an aromatic ring is 1. The summed E-state index contributed by atoms with van der Waals surface area (Å²) >= 11 is 1.79. The molecule has 0 bridgehead atoms. The molecule has 1 amide bonds. The van der Waals surface area contributed by atoms with Crippen LogP contribution in [0.4, 0.5) is 11.4 Å². The number of carbonyl (C=O) groups excluding carboxylic acids is 1. The average molecular weight is 253 g/mol. The predicted molar refractivity (Wildman–Crippen MR) is 75.5 cm³/mol. The smallest absolute Gasteiger partial charge is 0.250 e. The van der Waals surface area contributed by atoms with Crippen LogP contribution in [-0.2, 0) is 0 Å². The number of anilines is 2. The van der Waals surface area contributed by atoms with E-state index in [1.165, 1.54) is 0 Å². The normalized spacial score (nSPS) is 12.1. The van der Waals surface area contributed by atoms with Crippen LogP contribution in [0.3, 0.4) is 0 Å². The lowest BCUT2D eigenvalue weighted by Gasteiger charge is -2.17. The number of rotatable bonds is 6. The molecular weight excluding hydrogens is 234 g/mol. The Hall–Kier alpha value is -1.36. The Bertz CT molecular complexity index is 395. The van der Waals surface area contributed by atoms with Crippen LogP contribution >= 0.6 is 11.8 Å². The van der Waals surface area contributed by atoms with Gasteiger partial charge in [0.25, 0.3) is 5.91 Å². The highest BCUT2D eigenvalue weighted by Crippen LogP contribution is 2.19. The Labute approximate surface area is 106 Å². The second-order valence-corrected chi connectivity index (χ2v) is 4.78. The van der Waals surface area contributed by atoms with Crippen molar-refractivity contribution in [1.82, 2.24) is 0 Å². The molecule has 0 spiro atoms. The number of benzene rings is 1. The van der Waals surface area contributed by atoms with Crippen molar-refractivity contribution in [3.63, 3.8) is 0 Å². The third kappa shape index (κ3) is 3.85. The number of hydrogen-bond acceptors (Lipinski definition) is 4. The van der Waals surface area contributed by atoms with E-state index < -0.39 is 5.91 Å². The van der Waals surface area contributed by atoms with E-state index in [1.54, 1.807) is 23.9 Å². The topological polar surface area (TPSA) is 81.1 Å². The molecule has 1 aromatic rings. The summed E-state index contributed by atoms with van der Waals surface area (Å²) in [5, 5.41) is 3.37. The van der Waals surface area contributed by atoms with Gasteiger partial charge in [0.1, 0.15) is 0 Å². The van der Waals surface area contributed by atoms with E-state index in [4.69, 9.17) is 11.5 Å². The molecule has 0 aliphatic rings. The fraction of sp³-hybridized carbons (Fsp3) is 0.417. The van der Waals surface area contributed by atoms with Gasteiger partial charge in [0.2, 0.25) is 0 Å². The lowest BCUT2D eigenvalue weighted by atomic mass is 10.1. The minimum Gasteiger partial charge on any atom is -0.398 e. The lowest BCUT2D eigenvalue weighted by Crippen LogP contribution is -2.22. The van der Waals surface area contributed by atoms with E-state index in [9.17, 15) is 4.79 Å². The summed E-state index contributed by atoms with van der Waals surface area (Å²) in [5.41, 5.74) is 12.6. The van der Waals surface area contributed by atoms with Crippen molar-refractivity contribution < 1.29 is 4.79 Å². The number of amides is 1. The maximum Gasteiger partial charge on any atom is 0.250 e. The van der Waals surface area contributed by atoms with Crippen LogP contribution in [0.25, 0.3) is 0 Å². The molecule has 1 unspecified atom stereocenters. The maximum atomic E-state index is 11.2. The molecule has 1 aromatic carbocycles. The van der Waals surface area contributed by atoms with E-state index >= 15 is 0 Å². The van der Waals surface area contributed by atoms with Gasteiger partial charge in [-0.2, -0.15) is 11.8 Å². The second kappa shape index (κ2) is 6.39. The zero-order chi connectivity index (χ0) is 12.8. The molecule has 5 N–H and O–H groups in total. The van der Waals surface area contributed by atoms with Crippen LogP contribution < -0.4 is 16.8 Å². The molecule has 0 fully saturated rings. The molecular formula is C12H19N3OS. The standard InChI is InChI=1S/C12H19N3OS/c1-3-8(7-17-2)15-9-4-5-11(13)10(6-9)12(14)16/h4-6,8,15H,3,7,13H2,1-2H3,(H2,14,16). The molecule has 0 aliphatic heterocycles. The molecule has 17 heavy (non-hydrogen) atoms. The first-order valence-electron chi connectivity index (χ1n) is 5.53. The first-order valence-corrected chi connectivity index (χ1v) is 6.92. The summed E-state index contributed by atoms with van der Waals surface area (Å²) in [6.45, 7) is 2.13. The van der Waals surface area contributed by atoms with E-state index in [1.807, 2.05) is 6.07 Å². The Morgan fingerprint density at radius 1 is 1.53 bits per heavy atom. The Balaban J connectivity index is 2.84. The van der Waals surface area contributed by atoms with Gasteiger partial charge in [-0.1, -0.05) is 6.92 Å². The molecule has 4 nitrogen and oxygen atoms in total. The second-order valence-electron chi connectivity index (χ2n) is 3.87. The first-order chi connectivity index (χ1) is 8.08. The number of nitrogens with one attached hydrogen (secondary N) is 1. The molecule has 5 heteroatoms. The van der Waals surface area contributed by atoms with Gasteiger partial charge in [-0.15, -0.1) is 0 Å². The summed E-state index contributed by atoms with van der Waals surface area (Å²) in [6.07, 6.45) is 3.10. The number of thioether (sulfide) groups is 1. The van der Waals surface area contributed by atoms with E-state index in [0.717, 1.165) is 17.9 Å². The zero-order valence-corrected chi connectivity index (χ0v) is 11.0. The first kappa shape index (κ1) is 13.7. The van der Waals surface area contributed by atoms with Crippen molar-refractivity contribution in [3.05, 3.63) is 23.8 Å². The van der Waals surface area contributed by atoms with Gasteiger partial charge >= 0.3 is 0 Å². The van der Waals surface area contributed by atoms with Crippen molar-refractivity contribution in [1.29, 1.82) is 0 Å². The minimum atomic E-state index is -0.496. The molecule has 0 heterocycles. The molecule has 0 radical (unpaired) electrons. The highest BCUT2D eigenvalue weighted by atomic mass is 32.2. The molecule has 0 saturated carbocycles. The fourth-order valence-corrected chi connectivity index (χ4v) is 2.28. The van der Waals surface area contributed by atoms with Gasteiger partial charge in [-0.05, 0) is 30.9 Å². The van der Waals surface area contributed by atoms with Crippen LogP contribution in [0.2, 0.25) is 0 Å². The monoisotopic (exact) mass is 253 g/mol. The van der Waals surface area contributed by atoms with Crippen LogP contribution in [0.15, 0.2) is 18.2 Å². The molecule has 1 rings (SSSR count). The van der Waals surface area contributed by atoms with Crippen LogP contribution in [0, 0.1) is 0 Å². The SMILES string of the molecule is CCC(CSC)Nc1ccc(N)c(C(N)=O)c1. The van der Waals surface area contributed by atoms with Gasteiger partial charge in [0, 0.05) is 23.2 Å². The van der Waals surface area contributed by atoms with Crippen molar-refractivity contribution in [3.8, 4) is 0 Å². The third-order valence-electron chi connectivity index (χ3n) is 2.55. The van der Waals surface area contributed by atoms with Gasteiger partial charge in [-0.3, -0.25) is 4.79 Å². The Morgan fingerprint density at radius 3 is 2.76 bits per heavy atom. The molecule has 0 aromatic heterocycles. The predicted octanol–water partition coefficient (Wildman–Crippen LogP) is 1.92. The van der Waals surface area contributed by atoms with Crippen molar-refractivity contribution in [2.24, 2.45) is 5.73 Å². The Kier molecular flexibility index (Phi) is 5.15. The summed E-state index contributed by atoms with van der Waals surface area (Å²) in [6, 6.07) is 5.66. The van der Waals surface area contributed by atoms with E-state index in [-0.39, 0.29) is 0 Å². The van der Waals surface area contributed by atoms with Crippen molar-refractivity contribution in [2.45, 2.75) is 19.4 Å². The van der Waals surface area contributed by atoms with Gasteiger partial charge < -0.3 is 16.8 Å². The van der Waals surface area contributed by atoms with E-state index in [2.05, 4.69) is 18.5 Å². The lowest BCUT2D eigenvalue weighted by molar-refractivity contribution is 0.100.